The van der Waals surface area contributed by atoms with Crippen molar-refractivity contribution in [1.82, 2.24) is 0 Å². The van der Waals surface area contributed by atoms with Crippen LogP contribution in [-0.4, -0.2) is 127 Å². The molecule has 1 aromatic carbocycles. The molecule has 5 heterocycles. The van der Waals surface area contributed by atoms with Crippen LogP contribution in [-0.2, 0) is 63.2 Å². The Bertz CT molecular complexity index is 2140. The number of unbranched alkanes of at least 4 members (excludes halogenated alkanes) is 2. The molecule has 14 heteroatoms. The minimum atomic E-state index is -2.08. The fourth-order valence-electron chi connectivity index (χ4n) is 11.0. The maximum Gasteiger partial charge on any atom is 0.306 e. The van der Waals surface area contributed by atoms with E-state index in [2.05, 4.69) is 116 Å². The molecule has 0 spiro atoms. The third-order valence-electron chi connectivity index (χ3n) is 16.4. The van der Waals surface area contributed by atoms with E-state index in [-0.39, 0.29) is 103 Å². The van der Waals surface area contributed by atoms with Gasteiger partial charge in [0.05, 0.1) is 69.2 Å². The minimum Gasteiger partial charge on any atom is -0.497 e. The number of allylic oxidation sites excluding steroid dienone is 3. The number of carbonyl (C=O) groups is 1. The summed E-state index contributed by atoms with van der Waals surface area (Å²) >= 11 is 0. The van der Waals surface area contributed by atoms with Gasteiger partial charge in [0.25, 0.3) is 0 Å². The summed E-state index contributed by atoms with van der Waals surface area (Å²) in [5.41, 5.74) is 1.83. The van der Waals surface area contributed by atoms with Gasteiger partial charge in [0.15, 0.2) is 14.1 Å². The Morgan fingerprint density at radius 2 is 1.53 bits per heavy atom. The van der Waals surface area contributed by atoms with E-state index in [4.69, 9.17) is 56.5 Å². The number of benzene rings is 1. The van der Waals surface area contributed by atoms with E-state index >= 15 is 0 Å². The SMILES string of the molecule is COCO[C@H]1C[C@H]([C@H]2OC(C)(C)O[C@@H]2/C=C/CC/C=C/C[C@H]2C=C[C@H](O[Si](C)(C)C(C)(C)C)[C@H](/C(C)=C/[C@@H](C)CCCCC(=O)OC(C)(C)C)O2)O[C@H](C/C=C/[C@@H]2O[C@@H]3C[C@@H](O[C@@H]3COCc3ccc(OC)cc3)[C@H]2C)[C@@H]1C. The van der Waals surface area contributed by atoms with E-state index in [1.807, 2.05) is 58.9 Å². The molecule has 1 aromatic rings. The quantitative estimate of drug-likeness (QED) is 0.0273. The fraction of sp³-hybridized carbons (Fsp3) is 0.734. The number of ether oxygens (including phenoxy) is 11. The molecule has 0 N–H and O–H groups in total. The lowest BCUT2D eigenvalue weighted by atomic mass is 9.85. The first-order valence-corrected chi connectivity index (χ1v) is 32.3. The van der Waals surface area contributed by atoms with Gasteiger partial charge in [0.2, 0.25) is 0 Å². The highest BCUT2D eigenvalue weighted by Crippen LogP contribution is 2.42. The van der Waals surface area contributed by atoms with Crippen molar-refractivity contribution in [2.45, 2.75) is 257 Å². The van der Waals surface area contributed by atoms with Crippen LogP contribution in [0.3, 0.4) is 0 Å². The lowest BCUT2D eigenvalue weighted by Gasteiger charge is -2.42. The molecule has 0 saturated carbocycles. The molecule has 6 rings (SSSR count). The van der Waals surface area contributed by atoms with Gasteiger partial charge in [0, 0.05) is 38.2 Å². The lowest BCUT2D eigenvalue weighted by molar-refractivity contribution is -0.210. The van der Waals surface area contributed by atoms with Crippen LogP contribution < -0.4 is 4.74 Å². The second-order valence-electron chi connectivity index (χ2n) is 25.7. The molecule has 440 valence electrons. The van der Waals surface area contributed by atoms with Crippen LogP contribution in [0.2, 0.25) is 18.1 Å². The zero-order valence-electron chi connectivity index (χ0n) is 50.7. The van der Waals surface area contributed by atoms with E-state index in [0.29, 0.717) is 38.4 Å². The molecule has 15 atom stereocenters. The van der Waals surface area contributed by atoms with E-state index in [0.717, 1.165) is 56.3 Å². The molecule has 0 amide bonds. The van der Waals surface area contributed by atoms with Crippen molar-refractivity contribution < 1.29 is 61.3 Å². The smallest absolute Gasteiger partial charge is 0.306 e. The molecular formula is C64H102O13Si. The molecule has 0 unspecified atom stereocenters. The predicted molar refractivity (Wildman–Crippen MR) is 310 cm³/mol. The number of fused-ring (bicyclic) bond motifs is 2. The van der Waals surface area contributed by atoms with E-state index in [1.54, 1.807) is 14.2 Å². The maximum atomic E-state index is 12.3. The maximum absolute atomic E-state index is 12.3. The Morgan fingerprint density at radius 3 is 2.23 bits per heavy atom. The monoisotopic (exact) mass is 1110 g/mol. The Balaban J connectivity index is 1.00. The van der Waals surface area contributed by atoms with Crippen molar-refractivity contribution in [3.63, 3.8) is 0 Å². The minimum absolute atomic E-state index is 0.0139. The fourth-order valence-corrected chi connectivity index (χ4v) is 12.2. The summed E-state index contributed by atoms with van der Waals surface area (Å²) in [6.45, 7) is 31.2. The van der Waals surface area contributed by atoms with Crippen LogP contribution in [0.1, 0.15) is 153 Å². The first kappa shape index (κ1) is 64.2. The van der Waals surface area contributed by atoms with Crippen LogP contribution in [0.25, 0.3) is 0 Å². The van der Waals surface area contributed by atoms with Gasteiger partial charge in [-0.15, -0.1) is 0 Å². The third kappa shape index (κ3) is 19.3. The topological polar surface area (TPSA) is 128 Å². The van der Waals surface area contributed by atoms with Crippen molar-refractivity contribution >= 4 is 14.3 Å². The summed E-state index contributed by atoms with van der Waals surface area (Å²) in [4.78, 5) is 12.3. The molecule has 5 aliphatic heterocycles. The number of esters is 1. The molecule has 5 aliphatic rings. The summed E-state index contributed by atoms with van der Waals surface area (Å²) in [7, 11) is 1.25. The highest BCUT2D eigenvalue weighted by atomic mass is 28.4. The predicted octanol–water partition coefficient (Wildman–Crippen LogP) is 13.5. The van der Waals surface area contributed by atoms with Gasteiger partial charge in [-0.3, -0.25) is 4.79 Å². The molecule has 0 radical (unpaired) electrons. The van der Waals surface area contributed by atoms with Crippen LogP contribution in [0, 0.1) is 17.8 Å². The molecule has 78 heavy (non-hydrogen) atoms. The van der Waals surface area contributed by atoms with Crippen molar-refractivity contribution in [2.24, 2.45) is 17.8 Å². The molecule has 2 bridgehead atoms. The molecule has 4 saturated heterocycles. The Kier molecular flexibility index (Phi) is 24.1. The van der Waals surface area contributed by atoms with Gasteiger partial charge in [0.1, 0.15) is 42.6 Å². The number of rotatable bonds is 27. The Labute approximate surface area is 471 Å². The second kappa shape index (κ2) is 29.3. The molecule has 0 aliphatic carbocycles. The molecule has 0 aromatic heterocycles. The number of methoxy groups -OCH3 is 2. The Morgan fingerprint density at radius 1 is 0.808 bits per heavy atom. The lowest BCUT2D eigenvalue weighted by Crippen LogP contribution is -2.50. The van der Waals surface area contributed by atoms with Crippen molar-refractivity contribution in [1.29, 1.82) is 0 Å². The van der Waals surface area contributed by atoms with Crippen LogP contribution in [0.4, 0.5) is 0 Å². The number of carbonyl (C=O) groups excluding carboxylic acids is 1. The summed E-state index contributed by atoms with van der Waals surface area (Å²) in [5, 5.41) is 0.0714. The van der Waals surface area contributed by atoms with Gasteiger partial charge in [-0.2, -0.15) is 0 Å². The summed E-state index contributed by atoms with van der Waals surface area (Å²) in [5.74, 6) is 0.603. The van der Waals surface area contributed by atoms with Gasteiger partial charge in [-0.1, -0.05) is 115 Å². The van der Waals surface area contributed by atoms with Crippen molar-refractivity contribution in [2.75, 3.05) is 27.6 Å². The average Bonchev–Trinajstić information content (AvgIpc) is 3.92. The summed E-state index contributed by atoms with van der Waals surface area (Å²) < 4.78 is 75.9. The van der Waals surface area contributed by atoms with Crippen LogP contribution >= 0.6 is 0 Å². The number of hydrogen-bond donors (Lipinski definition) is 0. The largest absolute Gasteiger partial charge is 0.497 e. The van der Waals surface area contributed by atoms with Gasteiger partial charge < -0.3 is 56.5 Å². The summed E-state index contributed by atoms with van der Waals surface area (Å²) in [6, 6.07) is 7.95. The standard InChI is InChI=1S/C64H102O13Si/c1-43(25-22-23-30-59(65)75-62(5,6)7)37-44(2)60-53(77-78(15,16)63(8,9)10)36-35-49(70-60)26-20-18-17-19-21-27-52-61(76-64(11,12)74-52)57-38-54(69-42-66-13)45(3)50(72-57)28-24-29-51-46(4)55-39-56(71-51)58(73-55)41-68-40-47-31-33-48(67-14)34-32-47/h18,20-21,24,27,29,31-37,43,45-46,49-58,60-61H,17,19,22-23,25-26,28,30,38-42H2,1-16H3/b20-18+,27-21+,29-24+,44-37+/t43-,45-,46-,49-,50+,51-,52+,53-,54-,55+,56+,57+,58+,60-,61-/m0/s1. The molecule has 4 fully saturated rings. The van der Waals surface area contributed by atoms with Gasteiger partial charge in [-0.05, 0) is 127 Å². The van der Waals surface area contributed by atoms with E-state index in [9.17, 15) is 4.79 Å². The zero-order chi connectivity index (χ0) is 56.8. The normalized spacial score (nSPS) is 32.2. The Hall–Kier alpha value is -2.99. The number of hydrogen-bond acceptors (Lipinski definition) is 13. The third-order valence-corrected chi connectivity index (χ3v) is 20.9. The highest BCUT2D eigenvalue weighted by Gasteiger charge is 2.50. The van der Waals surface area contributed by atoms with Crippen molar-refractivity contribution in [3.05, 3.63) is 90.1 Å². The van der Waals surface area contributed by atoms with Gasteiger partial charge >= 0.3 is 5.97 Å². The van der Waals surface area contributed by atoms with Crippen LogP contribution in [0.5, 0.6) is 5.75 Å². The highest BCUT2D eigenvalue weighted by molar-refractivity contribution is 6.74. The molecular weight excluding hydrogens is 1000 g/mol. The first-order chi connectivity index (χ1) is 36.8. The average molecular weight is 1110 g/mol. The van der Waals surface area contributed by atoms with E-state index < -0.39 is 19.7 Å². The first-order valence-electron chi connectivity index (χ1n) is 29.4. The van der Waals surface area contributed by atoms with Crippen LogP contribution in [0.15, 0.2) is 84.5 Å². The van der Waals surface area contributed by atoms with Gasteiger partial charge in [-0.25, -0.2) is 0 Å². The zero-order valence-corrected chi connectivity index (χ0v) is 51.7. The van der Waals surface area contributed by atoms with Crippen molar-refractivity contribution in [3.8, 4) is 5.75 Å². The van der Waals surface area contributed by atoms with E-state index in [1.165, 1.54) is 5.57 Å². The second-order valence-corrected chi connectivity index (χ2v) is 30.5. The molecule has 13 nitrogen and oxygen atoms in total. The summed E-state index contributed by atoms with van der Waals surface area (Å²) in [6.07, 6.45) is 26.6.